The molecule has 7 aromatic rings. The van der Waals surface area contributed by atoms with Crippen LogP contribution in [0.5, 0.6) is 0 Å². The van der Waals surface area contributed by atoms with E-state index in [1.165, 1.54) is 162 Å². The Morgan fingerprint density at radius 1 is 0.419 bits per heavy atom. The van der Waals surface area contributed by atoms with Crippen molar-refractivity contribution in [3.63, 3.8) is 0 Å². The van der Waals surface area contributed by atoms with E-state index in [2.05, 4.69) is 222 Å². The molecule has 2 nitrogen and oxygen atoms in total. The molecule has 1 saturated carbocycles. The summed E-state index contributed by atoms with van der Waals surface area (Å²) >= 11 is 2.08. The quantitative estimate of drug-likeness (QED) is 0.163. The summed E-state index contributed by atoms with van der Waals surface area (Å²) in [5.41, 5.74) is 28.2. The fourth-order valence-electron chi connectivity index (χ4n) is 16.7. The molecule has 0 amide bonds. The van der Waals surface area contributed by atoms with E-state index in [9.17, 15) is 0 Å². The van der Waals surface area contributed by atoms with Gasteiger partial charge >= 0.3 is 0 Å². The maximum absolute atomic E-state index is 2.81. The van der Waals surface area contributed by atoms with Gasteiger partial charge < -0.3 is 9.80 Å². The average Bonchev–Trinajstić information content (AvgIpc) is 4.00. The van der Waals surface area contributed by atoms with Crippen molar-refractivity contribution in [3.8, 4) is 11.1 Å². The number of anilines is 6. The van der Waals surface area contributed by atoms with E-state index in [0.717, 1.165) is 0 Å². The Hall–Kier alpha value is -5.06. The van der Waals surface area contributed by atoms with Gasteiger partial charge in [0.1, 0.15) is 0 Å². The van der Waals surface area contributed by atoms with Gasteiger partial charge in [-0.25, -0.2) is 0 Å². The topological polar surface area (TPSA) is 6.48 Å². The van der Waals surface area contributed by atoms with Crippen molar-refractivity contribution >= 4 is 78.0 Å². The molecule has 1 fully saturated rings. The van der Waals surface area contributed by atoms with E-state index in [0.29, 0.717) is 0 Å². The van der Waals surface area contributed by atoms with Gasteiger partial charge in [-0.2, -0.15) is 0 Å². The number of hydrogen-bond acceptors (Lipinski definition) is 3. The van der Waals surface area contributed by atoms with Crippen LogP contribution in [0.2, 0.25) is 0 Å². The van der Waals surface area contributed by atoms with Gasteiger partial charge in [-0.15, -0.1) is 11.3 Å². The molecule has 0 spiro atoms. The smallest absolute Gasteiger partial charge is 0.254 e. The first-order valence-corrected chi connectivity index (χ1v) is 29.5. The molecule has 378 valence electrons. The van der Waals surface area contributed by atoms with Gasteiger partial charge in [-0.1, -0.05) is 139 Å². The monoisotopic (exact) mass is 991 g/mol. The van der Waals surface area contributed by atoms with Crippen LogP contribution >= 0.6 is 11.3 Å². The van der Waals surface area contributed by atoms with Crippen LogP contribution in [-0.4, -0.2) is 6.71 Å². The third-order valence-corrected chi connectivity index (χ3v) is 22.8. The van der Waals surface area contributed by atoms with Crippen molar-refractivity contribution in [1.82, 2.24) is 0 Å². The van der Waals surface area contributed by atoms with Crippen LogP contribution in [0.1, 0.15) is 205 Å². The number of hydrogen-bond donors (Lipinski definition) is 0. The summed E-state index contributed by atoms with van der Waals surface area (Å²) in [5, 5.41) is 2.89. The van der Waals surface area contributed by atoms with E-state index in [4.69, 9.17) is 0 Å². The molecule has 2 bridgehead atoms. The van der Waals surface area contributed by atoms with Crippen molar-refractivity contribution in [2.45, 2.75) is 205 Å². The molecule has 3 heterocycles. The first kappa shape index (κ1) is 47.4. The molecule has 2 aliphatic heterocycles. The molecule has 0 N–H and O–H groups in total. The average molecular weight is 991 g/mol. The number of thiophene rings is 1. The summed E-state index contributed by atoms with van der Waals surface area (Å²) < 4.78 is 1.45. The van der Waals surface area contributed by atoms with Crippen molar-refractivity contribution in [2.75, 3.05) is 9.80 Å². The third kappa shape index (κ3) is 6.36. The molecular formula is C70H79BN2S. The zero-order valence-electron chi connectivity index (χ0n) is 47.5. The zero-order valence-corrected chi connectivity index (χ0v) is 48.3. The van der Waals surface area contributed by atoms with Gasteiger partial charge in [0.05, 0.1) is 10.7 Å². The third-order valence-electron chi connectivity index (χ3n) is 21.6. The summed E-state index contributed by atoms with van der Waals surface area (Å²) in [7, 11) is 0. The minimum atomic E-state index is 0.0351. The molecule has 5 aliphatic carbocycles. The maximum Gasteiger partial charge on any atom is 0.254 e. The van der Waals surface area contributed by atoms with Gasteiger partial charge in [0.2, 0.25) is 0 Å². The fourth-order valence-corrected chi connectivity index (χ4v) is 18.0. The normalized spacial score (nSPS) is 25.1. The molecule has 0 saturated heterocycles. The van der Waals surface area contributed by atoms with E-state index in [-0.39, 0.29) is 50.0 Å². The lowest BCUT2D eigenvalue weighted by Gasteiger charge is -2.48. The molecule has 1 aromatic heterocycles. The highest BCUT2D eigenvalue weighted by atomic mass is 32.1. The number of benzene rings is 6. The Bertz CT molecular complexity index is 3620. The first-order chi connectivity index (χ1) is 34.7. The SMILES string of the molecule is Cc1cc2c3c(c1)N(c1ccc4c(c1)C(C)(C)CCC4(C)C)c1sc4cc5c(cc4c1B3c1cc3c(cc1N2c1cc2c(cc1-c1ccccc1)C(C)(C)CCC2(C)C)C(C)(C)CCC3(C)C)C1(C)CCC5(C)C1. The van der Waals surface area contributed by atoms with E-state index in [1.807, 2.05) is 0 Å². The fraction of sp³-hybridized carbons (Fsp3) is 0.457. The molecule has 74 heavy (non-hydrogen) atoms. The van der Waals surface area contributed by atoms with Crippen molar-refractivity contribution in [1.29, 1.82) is 0 Å². The summed E-state index contributed by atoms with van der Waals surface area (Å²) in [4.78, 5) is 5.58. The second kappa shape index (κ2) is 14.7. The standard InChI is InChI=1S/C70H79BN2S/c1-41-31-57-61-58(32-41)73(55-37-50-48(65(6,7)25-27-67(50,10)11)34-44(55)42-19-17-16-18-20-42)56-38-51-49(66(8,9)26-28-68(51,12)13)36-54(56)71(61)60-45-35-52-53(70(15)30-29-69(52,14)40-70)39-59(45)74-62(60)72(57)43-21-22-46-47(33-43)64(4,5)24-23-63(46,2)3/h16-22,31-39H,23-30,40H2,1-15H3. The number of rotatable bonds is 3. The van der Waals surface area contributed by atoms with Crippen molar-refractivity contribution < 1.29 is 0 Å². The Labute approximate surface area is 448 Å². The van der Waals surface area contributed by atoms with E-state index in [1.54, 1.807) is 16.7 Å². The summed E-state index contributed by atoms with van der Waals surface area (Å²) in [5.74, 6) is 0. The highest BCUT2D eigenvalue weighted by molar-refractivity contribution is 7.26. The predicted molar refractivity (Wildman–Crippen MR) is 320 cm³/mol. The molecule has 7 aliphatic rings. The first-order valence-electron chi connectivity index (χ1n) is 28.7. The predicted octanol–water partition coefficient (Wildman–Crippen LogP) is 17.7. The Balaban J connectivity index is 1.14. The largest absolute Gasteiger partial charge is 0.311 e. The number of fused-ring (bicyclic) bond motifs is 14. The molecule has 14 rings (SSSR count). The Kier molecular flexibility index (Phi) is 9.41. The Morgan fingerprint density at radius 3 is 1.51 bits per heavy atom. The molecule has 0 radical (unpaired) electrons. The molecular weight excluding hydrogens is 912 g/mol. The lowest BCUT2D eigenvalue weighted by molar-refractivity contribution is 0.332. The van der Waals surface area contributed by atoms with Gasteiger partial charge in [0.25, 0.3) is 6.71 Å². The van der Waals surface area contributed by atoms with Gasteiger partial charge in [-0.3, -0.25) is 0 Å². The van der Waals surface area contributed by atoms with E-state index < -0.39 is 0 Å². The van der Waals surface area contributed by atoms with Crippen LogP contribution in [0.4, 0.5) is 33.4 Å². The lowest BCUT2D eigenvalue weighted by Crippen LogP contribution is -2.61. The van der Waals surface area contributed by atoms with Crippen molar-refractivity contribution in [2.24, 2.45) is 0 Å². The molecule has 4 heteroatoms. The van der Waals surface area contributed by atoms with Crippen LogP contribution in [0.25, 0.3) is 21.2 Å². The summed E-state index contributed by atoms with van der Waals surface area (Å²) in [6.07, 6.45) is 11.0. The van der Waals surface area contributed by atoms with Crippen LogP contribution in [0.3, 0.4) is 0 Å². The summed E-state index contributed by atoms with van der Waals surface area (Å²) in [6.45, 7) is 37.6. The highest BCUT2D eigenvalue weighted by Crippen LogP contribution is 2.63. The number of aryl methyl sites for hydroxylation is 1. The second-order valence-electron chi connectivity index (χ2n) is 29.6. The minimum Gasteiger partial charge on any atom is -0.311 e. The maximum atomic E-state index is 2.81. The Morgan fingerprint density at radius 2 is 0.919 bits per heavy atom. The summed E-state index contributed by atoms with van der Waals surface area (Å²) in [6, 6.07) is 40.5. The van der Waals surface area contributed by atoms with E-state index >= 15 is 0 Å². The van der Waals surface area contributed by atoms with Crippen LogP contribution in [0, 0.1) is 6.92 Å². The number of nitrogens with zero attached hydrogens (tertiary/aromatic N) is 2. The van der Waals surface area contributed by atoms with Gasteiger partial charge in [-0.05, 0) is 240 Å². The molecule has 2 atom stereocenters. The van der Waals surface area contributed by atoms with Gasteiger partial charge in [0, 0.05) is 33.0 Å². The highest BCUT2D eigenvalue weighted by Gasteiger charge is 2.55. The van der Waals surface area contributed by atoms with Crippen LogP contribution in [0.15, 0.2) is 97.1 Å². The van der Waals surface area contributed by atoms with Crippen molar-refractivity contribution in [3.05, 3.63) is 147 Å². The van der Waals surface area contributed by atoms with Crippen LogP contribution in [-0.2, 0) is 43.3 Å². The zero-order chi connectivity index (χ0) is 51.8. The minimum absolute atomic E-state index is 0.0351. The molecule has 2 unspecified atom stereocenters. The lowest BCUT2D eigenvalue weighted by atomic mass is 9.33. The molecule has 6 aromatic carbocycles. The van der Waals surface area contributed by atoms with Gasteiger partial charge in [0.15, 0.2) is 0 Å². The second-order valence-corrected chi connectivity index (χ2v) is 30.6. The van der Waals surface area contributed by atoms with Crippen LogP contribution < -0.4 is 26.2 Å².